The Bertz CT molecular complexity index is 597. The van der Waals surface area contributed by atoms with Gasteiger partial charge in [0.05, 0.1) is 6.04 Å². The van der Waals surface area contributed by atoms with E-state index in [0.29, 0.717) is 5.92 Å². The van der Waals surface area contributed by atoms with Gasteiger partial charge in [0.2, 0.25) is 5.91 Å². The number of hydrogen-bond donors (Lipinski definition) is 1. The molecule has 0 saturated heterocycles. The van der Waals surface area contributed by atoms with Crippen LogP contribution in [0.5, 0.6) is 0 Å². The molecular weight excluding hydrogens is 318 g/mol. The maximum atomic E-state index is 12.2. The van der Waals surface area contributed by atoms with E-state index >= 15 is 0 Å². The monoisotopic (exact) mass is 335 g/mol. The lowest BCUT2D eigenvalue weighted by Gasteiger charge is -2.18. The van der Waals surface area contributed by atoms with Crippen molar-refractivity contribution >= 4 is 37.0 Å². The molecule has 1 amide bonds. The molecule has 0 aromatic carbocycles. The molecule has 112 valence electrons. The maximum Gasteiger partial charge on any atom is 0.270 e. The van der Waals surface area contributed by atoms with Crippen molar-refractivity contribution in [3.63, 3.8) is 0 Å². The molecule has 1 fully saturated rings. The molecule has 1 aliphatic carbocycles. The Kier molecular flexibility index (Phi) is 4.76. The van der Waals surface area contributed by atoms with Crippen molar-refractivity contribution in [3.05, 3.63) is 17.0 Å². The summed E-state index contributed by atoms with van der Waals surface area (Å²) in [6.45, 7) is 3.96. The molecule has 1 heterocycles. The van der Waals surface area contributed by atoms with E-state index in [0.717, 1.165) is 35.5 Å². The summed E-state index contributed by atoms with van der Waals surface area (Å²) in [5, 5.41) is 2.97. The summed E-state index contributed by atoms with van der Waals surface area (Å²) < 4.78 is 22.6. The lowest BCUT2D eigenvalue weighted by molar-refractivity contribution is -0.126. The summed E-state index contributed by atoms with van der Waals surface area (Å²) in [6, 6.07) is 2.97. The highest BCUT2D eigenvalue weighted by atomic mass is 35.7. The number of rotatable bonds is 4. The van der Waals surface area contributed by atoms with Crippen molar-refractivity contribution in [1.29, 1.82) is 0 Å². The highest BCUT2D eigenvalue weighted by molar-refractivity contribution is 8.15. The van der Waals surface area contributed by atoms with E-state index in [1.165, 1.54) is 6.07 Å². The van der Waals surface area contributed by atoms with E-state index in [1.807, 2.05) is 6.92 Å². The van der Waals surface area contributed by atoms with Crippen LogP contribution in [0.2, 0.25) is 0 Å². The first-order valence-corrected chi connectivity index (χ1v) is 9.76. The minimum absolute atomic E-state index is 0.0613. The third-order valence-corrected chi connectivity index (χ3v) is 7.19. The van der Waals surface area contributed by atoms with Crippen molar-refractivity contribution in [2.45, 2.75) is 43.4 Å². The molecule has 7 heteroatoms. The standard InChI is InChI=1S/C13H18ClNO3S2/c1-8-4-3-5-10(8)13(16)15-9(2)11-6-7-12(19-11)20(14,17)18/h6-10H,3-5H2,1-2H3,(H,15,16). The van der Waals surface area contributed by atoms with Crippen LogP contribution < -0.4 is 5.32 Å². The topological polar surface area (TPSA) is 63.2 Å². The van der Waals surface area contributed by atoms with Gasteiger partial charge in [-0.25, -0.2) is 8.42 Å². The Morgan fingerprint density at radius 2 is 2.15 bits per heavy atom. The zero-order chi connectivity index (χ0) is 14.9. The lowest BCUT2D eigenvalue weighted by atomic mass is 9.97. The second kappa shape index (κ2) is 6.03. The molecule has 1 aliphatic rings. The van der Waals surface area contributed by atoms with Crippen molar-refractivity contribution in [1.82, 2.24) is 5.32 Å². The maximum absolute atomic E-state index is 12.2. The molecule has 0 radical (unpaired) electrons. The van der Waals surface area contributed by atoms with Gasteiger partial charge in [0.15, 0.2) is 0 Å². The van der Waals surface area contributed by atoms with E-state index in [1.54, 1.807) is 6.07 Å². The van der Waals surface area contributed by atoms with Crippen LogP contribution in [0.1, 0.15) is 44.0 Å². The highest BCUT2D eigenvalue weighted by Crippen LogP contribution is 2.33. The fraction of sp³-hybridized carbons (Fsp3) is 0.615. The Balaban J connectivity index is 2.03. The van der Waals surface area contributed by atoms with Gasteiger partial charge in [-0.05, 0) is 37.8 Å². The smallest absolute Gasteiger partial charge is 0.270 e. The lowest BCUT2D eigenvalue weighted by Crippen LogP contribution is -2.33. The first-order valence-electron chi connectivity index (χ1n) is 6.64. The second-order valence-electron chi connectivity index (χ2n) is 5.34. The minimum atomic E-state index is -3.69. The third kappa shape index (κ3) is 3.54. The average molecular weight is 336 g/mol. The number of hydrogen-bond acceptors (Lipinski definition) is 4. The number of thiophene rings is 1. The predicted molar refractivity (Wildman–Crippen MR) is 80.4 cm³/mol. The van der Waals surface area contributed by atoms with Crippen LogP contribution in [-0.4, -0.2) is 14.3 Å². The van der Waals surface area contributed by atoms with Crippen molar-refractivity contribution in [2.24, 2.45) is 11.8 Å². The Morgan fingerprint density at radius 1 is 1.45 bits per heavy atom. The minimum Gasteiger partial charge on any atom is -0.349 e. The summed E-state index contributed by atoms with van der Waals surface area (Å²) in [5.41, 5.74) is 0. The zero-order valence-corrected chi connectivity index (χ0v) is 13.8. The number of halogens is 1. The van der Waals surface area contributed by atoms with Gasteiger partial charge < -0.3 is 5.32 Å². The SMILES string of the molecule is CC(NC(=O)C1CCCC1C)c1ccc(S(=O)(=O)Cl)s1. The van der Waals surface area contributed by atoms with Crippen molar-refractivity contribution in [3.8, 4) is 0 Å². The van der Waals surface area contributed by atoms with E-state index in [9.17, 15) is 13.2 Å². The van der Waals surface area contributed by atoms with Gasteiger partial charge >= 0.3 is 0 Å². The molecule has 4 nitrogen and oxygen atoms in total. The van der Waals surface area contributed by atoms with Gasteiger partial charge in [-0.3, -0.25) is 4.79 Å². The van der Waals surface area contributed by atoms with Crippen molar-refractivity contribution < 1.29 is 13.2 Å². The fourth-order valence-corrected chi connectivity index (χ4v) is 4.72. The number of carbonyl (C=O) groups is 1. The van der Waals surface area contributed by atoms with Crippen LogP contribution in [0.15, 0.2) is 16.3 Å². The first kappa shape index (κ1) is 15.8. The number of carbonyl (C=O) groups excluding carboxylic acids is 1. The molecular formula is C13H18ClNO3S2. The van der Waals surface area contributed by atoms with Gasteiger partial charge in [0.1, 0.15) is 4.21 Å². The van der Waals surface area contributed by atoms with Gasteiger partial charge in [-0.1, -0.05) is 13.3 Å². The predicted octanol–water partition coefficient (Wildman–Crippen LogP) is 3.29. The normalized spacial score (nSPS) is 24.6. The number of amides is 1. The molecule has 0 aliphatic heterocycles. The molecule has 1 aromatic rings. The van der Waals surface area contributed by atoms with Gasteiger partial charge in [0, 0.05) is 21.5 Å². The van der Waals surface area contributed by atoms with E-state index in [4.69, 9.17) is 10.7 Å². The summed E-state index contributed by atoms with van der Waals surface area (Å²) in [6.07, 6.45) is 3.13. The van der Waals surface area contributed by atoms with Gasteiger partial charge in [-0.2, -0.15) is 0 Å². The largest absolute Gasteiger partial charge is 0.349 e. The summed E-state index contributed by atoms with van der Waals surface area (Å²) in [7, 11) is 1.61. The van der Waals surface area contributed by atoms with Gasteiger partial charge in [0.25, 0.3) is 9.05 Å². The summed E-state index contributed by atoms with van der Waals surface area (Å²) in [5.74, 6) is 0.559. The third-order valence-electron chi connectivity index (χ3n) is 3.83. The number of nitrogens with one attached hydrogen (secondary N) is 1. The van der Waals surface area contributed by atoms with Crippen molar-refractivity contribution in [2.75, 3.05) is 0 Å². The molecule has 1 aromatic heterocycles. The molecule has 20 heavy (non-hydrogen) atoms. The first-order chi connectivity index (χ1) is 9.29. The Labute approximate surface area is 127 Å². The van der Waals surface area contributed by atoms with Crippen LogP contribution in [0.25, 0.3) is 0 Å². The Morgan fingerprint density at radius 3 is 2.65 bits per heavy atom. The van der Waals surface area contributed by atoms with E-state index < -0.39 is 9.05 Å². The van der Waals surface area contributed by atoms with Crippen LogP contribution in [0.4, 0.5) is 0 Å². The molecule has 0 bridgehead atoms. The zero-order valence-electron chi connectivity index (χ0n) is 11.4. The quantitative estimate of drug-likeness (QED) is 0.859. The molecule has 3 atom stereocenters. The van der Waals surface area contributed by atoms with Crippen LogP contribution in [0, 0.1) is 11.8 Å². The average Bonchev–Trinajstić information content (AvgIpc) is 2.95. The summed E-state index contributed by atoms with van der Waals surface area (Å²) in [4.78, 5) is 13.0. The molecule has 1 saturated carbocycles. The van der Waals surface area contributed by atoms with Crippen LogP contribution >= 0.6 is 22.0 Å². The van der Waals surface area contributed by atoms with Crippen LogP contribution in [-0.2, 0) is 13.8 Å². The van der Waals surface area contributed by atoms with Crippen LogP contribution in [0.3, 0.4) is 0 Å². The highest BCUT2D eigenvalue weighted by Gasteiger charge is 2.30. The van der Waals surface area contributed by atoms with E-state index in [2.05, 4.69) is 12.2 Å². The molecule has 3 unspecified atom stereocenters. The summed E-state index contributed by atoms with van der Waals surface area (Å²) >= 11 is 1.10. The van der Waals surface area contributed by atoms with Gasteiger partial charge in [-0.15, -0.1) is 11.3 Å². The molecule has 2 rings (SSSR count). The van der Waals surface area contributed by atoms with E-state index in [-0.39, 0.29) is 22.1 Å². The second-order valence-corrected chi connectivity index (χ2v) is 9.25. The molecule has 1 N–H and O–H groups in total. The fourth-order valence-electron chi connectivity index (χ4n) is 2.62. The molecule has 0 spiro atoms. The Hall–Kier alpha value is -0.590.